The second-order valence-electron chi connectivity index (χ2n) is 7.67. The van der Waals surface area contributed by atoms with E-state index in [1.54, 1.807) is 4.90 Å². The molecule has 1 aliphatic rings. The molecule has 2 atom stereocenters. The number of benzene rings is 2. The summed E-state index contributed by atoms with van der Waals surface area (Å²) in [6, 6.07) is 13.7. The molecule has 1 amide bonds. The molecule has 174 valence electrons. The van der Waals surface area contributed by atoms with Gasteiger partial charge in [-0.2, -0.15) is 13.2 Å². The minimum atomic E-state index is -4.68. The van der Waals surface area contributed by atoms with Crippen LogP contribution < -0.4 is 10.1 Å². The number of amides is 1. The van der Waals surface area contributed by atoms with E-state index in [1.165, 1.54) is 24.3 Å². The van der Waals surface area contributed by atoms with Crippen molar-refractivity contribution >= 4 is 23.4 Å². The van der Waals surface area contributed by atoms with Gasteiger partial charge < -0.3 is 9.47 Å². The van der Waals surface area contributed by atoms with Crippen LogP contribution in [0.5, 0.6) is 5.75 Å². The van der Waals surface area contributed by atoms with Gasteiger partial charge in [-0.25, -0.2) is 4.79 Å². The normalized spacial score (nSPS) is 18.1. The van der Waals surface area contributed by atoms with Crippen LogP contribution >= 0.6 is 11.6 Å². The molecule has 1 heterocycles. The summed E-state index contributed by atoms with van der Waals surface area (Å²) < 4.78 is 51.2. The number of nitrogens with one attached hydrogen (secondary N) is 1. The van der Waals surface area contributed by atoms with Gasteiger partial charge in [0.1, 0.15) is 5.75 Å². The second-order valence-corrected chi connectivity index (χ2v) is 8.11. The van der Waals surface area contributed by atoms with Crippen LogP contribution in [-0.4, -0.2) is 49.5 Å². The molecule has 1 aliphatic heterocycles. The fourth-order valence-corrected chi connectivity index (χ4v) is 3.90. The Morgan fingerprint density at radius 2 is 2.00 bits per heavy atom. The Bertz CT molecular complexity index is 893. The summed E-state index contributed by atoms with van der Waals surface area (Å²) in [7, 11) is 0. The quantitative estimate of drug-likeness (QED) is 0.531. The number of piperidine rings is 1. The van der Waals surface area contributed by atoms with Crippen LogP contribution in [-0.2, 0) is 4.74 Å². The third-order valence-corrected chi connectivity index (χ3v) is 5.53. The van der Waals surface area contributed by atoms with Crippen LogP contribution in [0.2, 0.25) is 5.02 Å². The Balaban J connectivity index is 1.62. The largest absolute Gasteiger partial charge is 0.494 e. The van der Waals surface area contributed by atoms with Crippen molar-refractivity contribution in [3.8, 4) is 5.75 Å². The van der Waals surface area contributed by atoms with Gasteiger partial charge in [0.2, 0.25) is 6.10 Å². The number of likely N-dealkylation sites (tertiary alicyclic amines) is 1. The second kappa shape index (κ2) is 10.9. The first-order valence-corrected chi connectivity index (χ1v) is 10.9. The summed E-state index contributed by atoms with van der Waals surface area (Å²) >= 11 is 5.78. The zero-order valence-electron chi connectivity index (χ0n) is 17.7. The Kier molecular flexibility index (Phi) is 8.26. The molecule has 5 nitrogen and oxygen atoms in total. The third-order valence-electron chi connectivity index (χ3n) is 5.28. The predicted molar refractivity (Wildman–Crippen MR) is 117 cm³/mol. The SMILES string of the molecule is CCOc1cccc([C@@H]2CCCN(CC(OC(=O)Nc3ccc(Cl)cc3)C(F)(F)F)C2)c1. The van der Waals surface area contributed by atoms with E-state index in [1.807, 2.05) is 31.2 Å². The molecule has 1 unspecified atom stereocenters. The molecular formula is C23H26ClF3N2O3. The van der Waals surface area contributed by atoms with Crippen LogP contribution in [0.1, 0.15) is 31.2 Å². The maximum absolute atomic E-state index is 13.6. The first-order chi connectivity index (χ1) is 15.2. The van der Waals surface area contributed by atoms with Crippen molar-refractivity contribution in [2.24, 2.45) is 0 Å². The molecule has 0 aliphatic carbocycles. The number of alkyl halides is 3. The monoisotopic (exact) mass is 470 g/mol. The summed E-state index contributed by atoms with van der Waals surface area (Å²) in [5.74, 6) is 0.832. The van der Waals surface area contributed by atoms with Gasteiger partial charge in [-0.1, -0.05) is 23.7 Å². The molecule has 32 heavy (non-hydrogen) atoms. The number of hydrogen-bond donors (Lipinski definition) is 1. The average Bonchev–Trinajstić information content (AvgIpc) is 2.75. The first-order valence-electron chi connectivity index (χ1n) is 10.5. The number of hydrogen-bond acceptors (Lipinski definition) is 4. The molecule has 2 aromatic rings. The van der Waals surface area contributed by atoms with Crippen LogP contribution in [0.15, 0.2) is 48.5 Å². The van der Waals surface area contributed by atoms with E-state index in [2.05, 4.69) is 5.32 Å². The number of carbonyl (C=O) groups is 1. The Morgan fingerprint density at radius 1 is 1.25 bits per heavy atom. The van der Waals surface area contributed by atoms with Gasteiger partial charge in [0.15, 0.2) is 0 Å². The summed E-state index contributed by atoms with van der Waals surface area (Å²) in [6.45, 7) is 2.98. The first kappa shape index (κ1) is 24.2. The molecule has 1 saturated heterocycles. The lowest BCUT2D eigenvalue weighted by Gasteiger charge is -2.35. The zero-order valence-corrected chi connectivity index (χ0v) is 18.5. The Labute approximate surface area is 190 Å². The number of rotatable bonds is 7. The standard InChI is InChI=1S/C23H26ClF3N2O3/c1-2-31-20-7-3-5-16(13-20)17-6-4-12-29(14-17)15-21(23(25,26)27)32-22(30)28-19-10-8-18(24)9-11-19/h3,5,7-11,13,17,21H,2,4,6,12,14-15H2,1H3,(H,28,30)/t17-,21?/m1/s1. The fraction of sp³-hybridized carbons (Fsp3) is 0.435. The molecule has 0 aromatic heterocycles. The van der Waals surface area contributed by atoms with Crippen molar-refractivity contribution in [3.05, 3.63) is 59.1 Å². The molecule has 2 aromatic carbocycles. The molecule has 1 fully saturated rings. The average molecular weight is 471 g/mol. The van der Waals surface area contributed by atoms with E-state index in [0.717, 1.165) is 24.2 Å². The van der Waals surface area contributed by atoms with E-state index < -0.39 is 24.9 Å². The van der Waals surface area contributed by atoms with E-state index in [4.69, 9.17) is 21.1 Å². The van der Waals surface area contributed by atoms with Crippen LogP contribution in [0.4, 0.5) is 23.7 Å². The van der Waals surface area contributed by atoms with E-state index in [-0.39, 0.29) is 5.92 Å². The fourth-order valence-electron chi connectivity index (χ4n) is 3.77. The van der Waals surface area contributed by atoms with Gasteiger partial charge in [-0.05, 0) is 74.2 Å². The summed E-state index contributed by atoms with van der Waals surface area (Å²) in [5.41, 5.74) is 1.33. The van der Waals surface area contributed by atoms with Crippen LogP contribution in [0.25, 0.3) is 0 Å². The van der Waals surface area contributed by atoms with Gasteiger partial charge in [0.25, 0.3) is 0 Å². The van der Waals surface area contributed by atoms with E-state index in [9.17, 15) is 18.0 Å². The molecule has 0 saturated carbocycles. The smallest absolute Gasteiger partial charge is 0.426 e. The van der Waals surface area contributed by atoms with Crippen molar-refractivity contribution in [1.82, 2.24) is 4.90 Å². The number of carbonyl (C=O) groups excluding carboxylic acids is 1. The van der Waals surface area contributed by atoms with E-state index >= 15 is 0 Å². The Hall–Kier alpha value is -2.45. The summed E-state index contributed by atoms with van der Waals surface area (Å²) in [5, 5.41) is 2.76. The minimum Gasteiger partial charge on any atom is -0.494 e. The maximum Gasteiger partial charge on any atom is 0.426 e. The maximum atomic E-state index is 13.6. The molecule has 9 heteroatoms. The van der Waals surface area contributed by atoms with Gasteiger partial charge in [-0.3, -0.25) is 10.2 Å². The highest BCUT2D eigenvalue weighted by molar-refractivity contribution is 6.30. The number of ether oxygens (including phenoxy) is 2. The highest BCUT2D eigenvalue weighted by Gasteiger charge is 2.44. The van der Waals surface area contributed by atoms with Crippen molar-refractivity contribution in [1.29, 1.82) is 0 Å². The van der Waals surface area contributed by atoms with Crippen molar-refractivity contribution in [3.63, 3.8) is 0 Å². The molecular weight excluding hydrogens is 445 g/mol. The molecule has 0 spiro atoms. The minimum absolute atomic E-state index is 0.0842. The lowest BCUT2D eigenvalue weighted by atomic mass is 9.90. The molecule has 0 bridgehead atoms. The van der Waals surface area contributed by atoms with Gasteiger partial charge >= 0.3 is 12.3 Å². The van der Waals surface area contributed by atoms with Crippen molar-refractivity contribution in [2.45, 2.75) is 38.0 Å². The number of halogens is 4. The topological polar surface area (TPSA) is 50.8 Å². The number of anilines is 1. The highest BCUT2D eigenvalue weighted by Crippen LogP contribution is 2.31. The van der Waals surface area contributed by atoms with Crippen molar-refractivity contribution in [2.75, 3.05) is 31.6 Å². The zero-order chi connectivity index (χ0) is 23.1. The lowest BCUT2D eigenvalue weighted by Crippen LogP contribution is -2.47. The molecule has 1 N–H and O–H groups in total. The summed E-state index contributed by atoms with van der Waals surface area (Å²) in [6.07, 6.45) is -6.44. The third kappa shape index (κ3) is 7.03. The number of nitrogens with zero attached hydrogens (tertiary/aromatic N) is 1. The Morgan fingerprint density at radius 3 is 2.69 bits per heavy atom. The summed E-state index contributed by atoms with van der Waals surface area (Å²) in [4.78, 5) is 13.8. The van der Waals surface area contributed by atoms with Crippen LogP contribution in [0, 0.1) is 0 Å². The van der Waals surface area contributed by atoms with Gasteiger partial charge in [-0.15, -0.1) is 0 Å². The van der Waals surface area contributed by atoms with Crippen LogP contribution in [0.3, 0.4) is 0 Å². The lowest BCUT2D eigenvalue weighted by molar-refractivity contribution is -0.207. The van der Waals surface area contributed by atoms with E-state index in [0.29, 0.717) is 30.4 Å². The highest BCUT2D eigenvalue weighted by atomic mass is 35.5. The van der Waals surface area contributed by atoms with Gasteiger partial charge in [0.05, 0.1) is 6.61 Å². The van der Waals surface area contributed by atoms with Gasteiger partial charge in [0, 0.05) is 23.8 Å². The molecule has 3 rings (SSSR count). The predicted octanol–water partition coefficient (Wildman–Crippen LogP) is 6.10. The van der Waals surface area contributed by atoms with Crippen molar-refractivity contribution < 1.29 is 27.4 Å². The molecule has 0 radical (unpaired) electrons.